The summed E-state index contributed by atoms with van der Waals surface area (Å²) in [5, 5.41) is 0. The Morgan fingerprint density at radius 2 is 1.29 bits per heavy atom. The van der Waals surface area contributed by atoms with Gasteiger partial charge in [-0.1, -0.05) is 74.5 Å². The molecule has 3 heteroatoms. The third kappa shape index (κ3) is 2.96. The number of nitrogens with zero attached hydrogens (tertiary/aromatic N) is 1. The van der Waals surface area contributed by atoms with Crippen molar-refractivity contribution < 1.29 is 8.78 Å². The lowest BCUT2D eigenvalue weighted by atomic mass is 9.82. The predicted molar refractivity (Wildman–Crippen MR) is 124 cm³/mol. The van der Waals surface area contributed by atoms with Crippen molar-refractivity contribution in [2.75, 3.05) is 11.9 Å². The standard InChI is InChI=1S/C28H23F2N/c1-28(2)22-11-5-4-9-20(22)21-17-18(15-16-23(21)28)19-10-8-13-25(30)27(19)31(3)26-14-7-6-12-24(26)29/h4-17H,1-3H3. The second kappa shape index (κ2) is 7.05. The van der Waals surface area contributed by atoms with Crippen molar-refractivity contribution >= 4 is 11.4 Å². The van der Waals surface area contributed by atoms with Crippen LogP contribution in [-0.2, 0) is 5.41 Å². The van der Waals surface area contributed by atoms with E-state index >= 15 is 4.39 Å². The molecule has 0 amide bonds. The highest BCUT2D eigenvalue weighted by Crippen LogP contribution is 2.50. The van der Waals surface area contributed by atoms with E-state index in [2.05, 4.69) is 50.2 Å². The molecule has 0 heterocycles. The number of benzene rings is 4. The second-order valence-electron chi connectivity index (χ2n) is 8.58. The Morgan fingerprint density at radius 1 is 0.645 bits per heavy atom. The number of para-hydroxylation sites is 2. The normalized spacial score (nSPS) is 13.6. The Morgan fingerprint density at radius 3 is 2.10 bits per heavy atom. The van der Waals surface area contributed by atoms with Gasteiger partial charge in [-0.15, -0.1) is 0 Å². The van der Waals surface area contributed by atoms with Crippen molar-refractivity contribution in [2.45, 2.75) is 19.3 Å². The van der Waals surface area contributed by atoms with E-state index in [9.17, 15) is 4.39 Å². The van der Waals surface area contributed by atoms with E-state index in [1.54, 1.807) is 36.2 Å². The average Bonchev–Trinajstić information content (AvgIpc) is 3.00. The topological polar surface area (TPSA) is 3.24 Å². The highest BCUT2D eigenvalue weighted by Gasteiger charge is 2.35. The molecule has 0 saturated carbocycles. The van der Waals surface area contributed by atoms with Crippen molar-refractivity contribution in [1.29, 1.82) is 0 Å². The van der Waals surface area contributed by atoms with Gasteiger partial charge in [0.1, 0.15) is 11.6 Å². The number of rotatable bonds is 3. The van der Waals surface area contributed by atoms with Crippen molar-refractivity contribution in [3.63, 3.8) is 0 Å². The minimum Gasteiger partial charge on any atom is -0.339 e. The summed E-state index contributed by atoms with van der Waals surface area (Å²) in [7, 11) is 1.70. The Bertz CT molecular complexity index is 1310. The lowest BCUT2D eigenvalue weighted by Gasteiger charge is -2.24. The molecule has 4 aromatic carbocycles. The van der Waals surface area contributed by atoms with Gasteiger partial charge in [-0.05, 0) is 52.1 Å². The average molecular weight is 411 g/mol. The van der Waals surface area contributed by atoms with Crippen LogP contribution in [0.3, 0.4) is 0 Å². The molecule has 0 aliphatic heterocycles. The SMILES string of the molecule is CN(c1ccccc1F)c1c(F)cccc1-c1ccc2c(c1)-c1ccccc1C2(C)C. The van der Waals surface area contributed by atoms with Crippen LogP contribution in [0.15, 0.2) is 84.9 Å². The van der Waals surface area contributed by atoms with Crippen LogP contribution in [0.25, 0.3) is 22.3 Å². The van der Waals surface area contributed by atoms with E-state index in [0.29, 0.717) is 11.4 Å². The fraction of sp³-hybridized carbons (Fsp3) is 0.143. The van der Waals surface area contributed by atoms with Crippen LogP contribution in [0, 0.1) is 11.6 Å². The van der Waals surface area contributed by atoms with Crippen LogP contribution in [0.4, 0.5) is 20.2 Å². The number of fused-ring (bicyclic) bond motifs is 3. The first kappa shape index (κ1) is 19.5. The van der Waals surface area contributed by atoms with Crippen LogP contribution in [0.2, 0.25) is 0 Å². The minimum atomic E-state index is -0.385. The van der Waals surface area contributed by atoms with E-state index in [0.717, 1.165) is 11.1 Å². The van der Waals surface area contributed by atoms with Gasteiger partial charge in [-0.2, -0.15) is 0 Å². The zero-order chi connectivity index (χ0) is 21.8. The van der Waals surface area contributed by atoms with E-state index < -0.39 is 0 Å². The Balaban J connectivity index is 1.69. The molecule has 1 aliphatic carbocycles. The molecule has 4 aromatic rings. The molecule has 0 N–H and O–H groups in total. The van der Waals surface area contributed by atoms with E-state index in [1.807, 2.05) is 12.1 Å². The number of anilines is 2. The number of halogens is 2. The van der Waals surface area contributed by atoms with Gasteiger partial charge in [-0.25, -0.2) is 8.78 Å². The van der Waals surface area contributed by atoms with Crippen molar-refractivity contribution in [1.82, 2.24) is 0 Å². The molecular formula is C28H23F2N. The molecule has 5 rings (SSSR count). The quantitative estimate of drug-likeness (QED) is 0.334. The zero-order valence-electron chi connectivity index (χ0n) is 17.8. The van der Waals surface area contributed by atoms with Crippen LogP contribution < -0.4 is 4.90 Å². The first-order chi connectivity index (χ1) is 14.9. The molecule has 1 nitrogen and oxygen atoms in total. The predicted octanol–water partition coefficient (Wildman–Crippen LogP) is 7.71. The van der Waals surface area contributed by atoms with Crippen LogP contribution in [-0.4, -0.2) is 7.05 Å². The molecule has 0 fully saturated rings. The summed E-state index contributed by atoms with van der Waals surface area (Å²) in [5.41, 5.74) is 7.19. The molecule has 0 aromatic heterocycles. The molecule has 0 saturated heterocycles. The highest BCUT2D eigenvalue weighted by molar-refractivity contribution is 5.88. The monoisotopic (exact) mass is 411 g/mol. The van der Waals surface area contributed by atoms with Gasteiger partial charge in [-0.3, -0.25) is 0 Å². The third-order valence-electron chi connectivity index (χ3n) is 6.43. The largest absolute Gasteiger partial charge is 0.339 e. The molecule has 0 unspecified atom stereocenters. The van der Waals surface area contributed by atoms with Crippen LogP contribution >= 0.6 is 0 Å². The summed E-state index contributed by atoms with van der Waals surface area (Å²) < 4.78 is 29.5. The first-order valence-corrected chi connectivity index (χ1v) is 10.4. The lowest BCUT2D eigenvalue weighted by molar-refractivity contribution is 0.618. The maximum Gasteiger partial charge on any atom is 0.147 e. The molecular weight excluding hydrogens is 388 g/mol. The van der Waals surface area contributed by atoms with Crippen molar-refractivity contribution in [2.24, 2.45) is 0 Å². The summed E-state index contributed by atoms with van der Waals surface area (Å²) in [6.07, 6.45) is 0. The highest BCUT2D eigenvalue weighted by atomic mass is 19.1. The molecule has 31 heavy (non-hydrogen) atoms. The Labute approximate surface area is 181 Å². The summed E-state index contributed by atoms with van der Waals surface area (Å²) in [5.74, 6) is -0.770. The molecule has 0 radical (unpaired) electrons. The summed E-state index contributed by atoms with van der Waals surface area (Å²) in [6.45, 7) is 4.47. The Kier molecular flexibility index (Phi) is 4.44. The molecule has 0 spiro atoms. The van der Waals surface area contributed by atoms with Gasteiger partial charge in [0.25, 0.3) is 0 Å². The smallest absolute Gasteiger partial charge is 0.147 e. The second-order valence-corrected chi connectivity index (χ2v) is 8.58. The molecule has 1 aliphatic rings. The minimum absolute atomic E-state index is 0.0841. The summed E-state index contributed by atoms with van der Waals surface area (Å²) in [4.78, 5) is 1.59. The van der Waals surface area contributed by atoms with Crippen molar-refractivity contribution in [3.8, 4) is 22.3 Å². The number of hydrogen-bond acceptors (Lipinski definition) is 1. The summed E-state index contributed by atoms with van der Waals surface area (Å²) >= 11 is 0. The van der Waals surface area contributed by atoms with Gasteiger partial charge in [0, 0.05) is 18.0 Å². The Hall–Kier alpha value is -3.46. The fourth-order valence-electron chi connectivity index (χ4n) is 4.82. The third-order valence-corrected chi connectivity index (χ3v) is 6.43. The zero-order valence-corrected chi connectivity index (χ0v) is 17.8. The number of hydrogen-bond donors (Lipinski definition) is 0. The van der Waals surface area contributed by atoms with E-state index in [1.165, 1.54) is 34.4 Å². The fourth-order valence-corrected chi connectivity index (χ4v) is 4.82. The van der Waals surface area contributed by atoms with Gasteiger partial charge >= 0.3 is 0 Å². The van der Waals surface area contributed by atoms with E-state index in [4.69, 9.17) is 0 Å². The van der Waals surface area contributed by atoms with Crippen LogP contribution in [0.5, 0.6) is 0 Å². The molecule has 154 valence electrons. The molecule has 0 atom stereocenters. The summed E-state index contributed by atoms with van der Waals surface area (Å²) in [6, 6.07) is 26.2. The molecule has 0 bridgehead atoms. The van der Waals surface area contributed by atoms with Gasteiger partial charge in [0.05, 0.1) is 11.4 Å². The van der Waals surface area contributed by atoms with Crippen molar-refractivity contribution in [3.05, 3.63) is 108 Å². The lowest BCUT2D eigenvalue weighted by Crippen LogP contribution is -2.15. The maximum atomic E-state index is 15.1. The van der Waals surface area contributed by atoms with Crippen LogP contribution in [0.1, 0.15) is 25.0 Å². The van der Waals surface area contributed by atoms with E-state index in [-0.39, 0.29) is 17.0 Å². The van der Waals surface area contributed by atoms with Gasteiger partial charge < -0.3 is 4.90 Å². The van der Waals surface area contributed by atoms with Gasteiger partial charge in [0.2, 0.25) is 0 Å². The first-order valence-electron chi connectivity index (χ1n) is 10.4. The maximum absolute atomic E-state index is 15.1. The van der Waals surface area contributed by atoms with Gasteiger partial charge in [0.15, 0.2) is 0 Å².